The summed E-state index contributed by atoms with van der Waals surface area (Å²) in [4.78, 5) is 17.8. The smallest absolute Gasteiger partial charge is 0.166 e. The van der Waals surface area contributed by atoms with Gasteiger partial charge in [0.25, 0.3) is 0 Å². The molecule has 2 N–H and O–H groups in total. The summed E-state index contributed by atoms with van der Waals surface area (Å²) >= 11 is 0. The molecule has 0 amide bonds. The molecule has 20 heavy (non-hydrogen) atoms. The molecule has 3 heteroatoms. The summed E-state index contributed by atoms with van der Waals surface area (Å²) in [6.07, 6.45) is 6.95. The lowest BCUT2D eigenvalue weighted by molar-refractivity contribution is 0.111. The molecule has 0 radical (unpaired) electrons. The summed E-state index contributed by atoms with van der Waals surface area (Å²) < 4.78 is 0. The van der Waals surface area contributed by atoms with E-state index in [-0.39, 0.29) is 0 Å². The fraction of sp³-hybridized carbons (Fsp3) is 0.471. The van der Waals surface area contributed by atoms with E-state index in [4.69, 9.17) is 0 Å². The molecule has 0 aliphatic carbocycles. The molecule has 0 unspecified atom stereocenters. The lowest BCUT2D eigenvalue weighted by Crippen LogP contribution is -1.98. The van der Waals surface area contributed by atoms with E-state index in [0.29, 0.717) is 0 Å². The largest absolute Gasteiger partial charge is 0.364 e. The van der Waals surface area contributed by atoms with Gasteiger partial charge in [-0.3, -0.25) is 4.79 Å². The number of H-pyrrole nitrogens is 2. The van der Waals surface area contributed by atoms with Crippen molar-refractivity contribution in [1.82, 2.24) is 9.97 Å². The first kappa shape index (κ1) is 14.6. The highest BCUT2D eigenvalue weighted by atomic mass is 16.1. The van der Waals surface area contributed by atoms with Crippen LogP contribution in [0.5, 0.6) is 0 Å². The highest BCUT2D eigenvalue weighted by Crippen LogP contribution is 2.23. The summed E-state index contributed by atoms with van der Waals surface area (Å²) in [5.41, 5.74) is 8.37. The van der Waals surface area contributed by atoms with Crippen molar-refractivity contribution in [3.63, 3.8) is 0 Å². The van der Waals surface area contributed by atoms with Crippen LogP contribution in [0.15, 0.2) is 6.20 Å². The average Bonchev–Trinajstić information content (AvgIpc) is 2.99. The monoisotopic (exact) mass is 272 g/mol. The number of hydrogen-bond acceptors (Lipinski definition) is 1. The number of aromatic amines is 2. The molecule has 2 aromatic heterocycles. The summed E-state index contributed by atoms with van der Waals surface area (Å²) in [6.45, 7) is 8.55. The quantitative estimate of drug-likeness (QED) is 0.773. The highest BCUT2D eigenvalue weighted by Gasteiger charge is 2.15. The molecule has 0 spiro atoms. The van der Waals surface area contributed by atoms with Crippen LogP contribution in [0.4, 0.5) is 0 Å². The Morgan fingerprint density at radius 1 is 1.05 bits per heavy atom. The molecule has 2 rings (SSSR count). The molecule has 0 bridgehead atoms. The number of aromatic nitrogens is 2. The van der Waals surface area contributed by atoms with Crippen molar-refractivity contribution < 1.29 is 4.79 Å². The summed E-state index contributed by atoms with van der Waals surface area (Å²) in [5.74, 6) is 0. The van der Waals surface area contributed by atoms with Crippen molar-refractivity contribution in [2.75, 3.05) is 0 Å². The molecule has 0 atom stereocenters. The minimum absolute atomic E-state index is 0.720. The van der Waals surface area contributed by atoms with Gasteiger partial charge in [-0.1, -0.05) is 20.8 Å². The first-order valence-electron chi connectivity index (χ1n) is 7.49. The number of aryl methyl sites for hydroxylation is 1. The topological polar surface area (TPSA) is 48.6 Å². The van der Waals surface area contributed by atoms with Crippen LogP contribution < -0.4 is 0 Å². The molecular weight excluding hydrogens is 248 g/mol. The molecule has 2 heterocycles. The van der Waals surface area contributed by atoms with Gasteiger partial charge in [0.15, 0.2) is 6.29 Å². The Morgan fingerprint density at radius 3 is 2.30 bits per heavy atom. The van der Waals surface area contributed by atoms with Gasteiger partial charge in [-0.15, -0.1) is 0 Å². The standard InChI is InChI=1S/C17H24N2O/c1-5-12-9-18-15(14(12)7-3)8-16-13(6-2)11(4)17(10-20)19-16/h9-10,18-19H,5-8H2,1-4H3. The van der Waals surface area contributed by atoms with Crippen LogP contribution in [0.3, 0.4) is 0 Å². The molecule has 0 aliphatic heterocycles. The second-order valence-corrected chi connectivity index (χ2v) is 5.25. The Balaban J connectivity index is 2.39. The third kappa shape index (κ3) is 2.45. The van der Waals surface area contributed by atoms with Crippen LogP contribution in [0, 0.1) is 6.92 Å². The molecule has 108 valence electrons. The zero-order valence-electron chi connectivity index (χ0n) is 12.9. The highest BCUT2D eigenvalue weighted by molar-refractivity contribution is 5.76. The lowest BCUT2D eigenvalue weighted by atomic mass is 10.0. The Kier molecular flexibility index (Phi) is 4.48. The van der Waals surface area contributed by atoms with Crippen molar-refractivity contribution in [2.45, 2.75) is 53.4 Å². The molecule has 3 nitrogen and oxygen atoms in total. The normalized spacial score (nSPS) is 11.0. The van der Waals surface area contributed by atoms with Crippen molar-refractivity contribution >= 4 is 6.29 Å². The van der Waals surface area contributed by atoms with E-state index < -0.39 is 0 Å². The van der Waals surface area contributed by atoms with Gasteiger partial charge in [0, 0.05) is 24.0 Å². The van der Waals surface area contributed by atoms with Crippen LogP contribution in [-0.2, 0) is 25.7 Å². The second-order valence-electron chi connectivity index (χ2n) is 5.25. The van der Waals surface area contributed by atoms with Gasteiger partial charge in [-0.05, 0) is 48.4 Å². The van der Waals surface area contributed by atoms with Crippen LogP contribution in [0.25, 0.3) is 0 Å². The summed E-state index contributed by atoms with van der Waals surface area (Å²) in [6, 6.07) is 0. The van der Waals surface area contributed by atoms with E-state index >= 15 is 0 Å². The van der Waals surface area contributed by atoms with Crippen molar-refractivity contribution in [2.24, 2.45) is 0 Å². The Labute approximate surface area is 120 Å². The predicted molar refractivity (Wildman–Crippen MR) is 82.6 cm³/mol. The molecule has 0 saturated carbocycles. The number of carbonyl (C=O) groups excluding carboxylic acids is 1. The number of nitrogens with one attached hydrogen (secondary N) is 2. The van der Waals surface area contributed by atoms with E-state index in [1.54, 1.807) is 0 Å². The third-order valence-corrected chi connectivity index (χ3v) is 4.24. The van der Waals surface area contributed by atoms with Gasteiger partial charge in [-0.2, -0.15) is 0 Å². The van der Waals surface area contributed by atoms with E-state index in [9.17, 15) is 4.79 Å². The molecule has 0 fully saturated rings. The predicted octanol–water partition coefficient (Wildman–Crippen LogP) is 3.74. The van der Waals surface area contributed by atoms with Gasteiger partial charge in [-0.25, -0.2) is 0 Å². The fourth-order valence-electron chi connectivity index (χ4n) is 3.10. The minimum Gasteiger partial charge on any atom is -0.364 e. The van der Waals surface area contributed by atoms with Crippen molar-refractivity contribution in [3.05, 3.63) is 45.5 Å². The maximum absolute atomic E-state index is 11.1. The Morgan fingerprint density at radius 2 is 1.75 bits per heavy atom. The molecule has 2 aromatic rings. The zero-order valence-corrected chi connectivity index (χ0v) is 12.9. The minimum atomic E-state index is 0.720. The number of rotatable bonds is 6. The van der Waals surface area contributed by atoms with Gasteiger partial charge in [0.05, 0.1) is 5.69 Å². The first-order valence-corrected chi connectivity index (χ1v) is 7.49. The van der Waals surface area contributed by atoms with Gasteiger partial charge < -0.3 is 9.97 Å². The van der Waals surface area contributed by atoms with E-state index in [0.717, 1.165) is 43.2 Å². The van der Waals surface area contributed by atoms with Crippen LogP contribution in [-0.4, -0.2) is 16.3 Å². The fourth-order valence-corrected chi connectivity index (χ4v) is 3.10. The van der Waals surface area contributed by atoms with E-state index in [2.05, 4.69) is 36.9 Å². The molecule has 0 aliphatic rings. The lowest BCUT2D eigenvalue weighted by Gasteiger charge is -2.06. The first-order chi connectivity index (χ1) is 9.65. The average molecular weight is 272 g/mol. The maximum Gasteiger partial charge on any atom is 0.166 e. The van der Waals surface area contributed by atoms with E-state index in [1.165, 1.54) is 28.1 Å². The van der Waals surface area contributed by atoms with Crippen LogP contribution in [0.1, 0.15) is 64.9 Å². The molecule has 0 aromatic carbocycles. The van der Waals surface area contributed by atoms with Gasteiger partial charge in [0.2, 0.25) is 0 Å². The molecule has 0 saturated heterocycles. The number of hydrogen-bond donors (Lipinski definition) is 2. The zero-order chi connectivity index (χ0) is 14.7. The number of aldehydes is 1. The van der Waals surface area contributed by atoms with Gasteiger partial charge in [0.1, 0.15) is 0 Å². The van der Waals surface area contributed by atoms with Crippen molar-refractivity contribution in [1.29, 1.82) is 0 Å². The Bertz CT molecular complexity index is 605. The van der Waals surface area contributed by atoms with Crippen LogP contribution in [0.2, 0.25) is 0 Å². The second kappa shape index (κ2) is 6.12. The molecular formula is C17H24N2O. The SMILES string of the molecule is CCc1c[nH]c(Cc2[nH]c(C=O)c(C)c2CC)c1CC. The van der Waals surface area contributed by atoms with Crippen LogP contribution >= 0.6 is 0 Å². The maximum atomic E-state index is 11.1. The Hall–Kier alpha value is -1.77. The number of carbonyl (C=O) groups is 1. The third-order valence-electron chi connectivity index (χ3n) is 4.24. The van der Waals surface area contributed by atoms with Gasteiger partial charge >= 0.3 is 0 Å². The van der Waals surface area contributed by atoms with E-state index in [1.807, 2.05) is 6.92 Å². The van der Waals surface area contributed by atoms with Crippen molar-refractivity contribution in [3.8, 4) is 0 Å². The summed E-state index contributed by atoms with van der Waals surface area (Å²) in [7, 11) is 0. The summed E-state index contributed by atoms with van der Waals surface area (Å²) in [5, 5.41) is 0.